The molecule has 0 atom stereocenters. The SMILES string of the molecule is COc1cc(OC)nc(NS(=O)(=O)c2sccc2Br)n1. The minimum absolute atomic E-state index is 0.124. The van der Waals surface area contributed by atoms with E-state index in [2.05, 4.69) is 30.6 Å². The van der Waals surface area contributed by atoms with Crippen LogP contribution in [0.25, 0.3) is 0 Å². The minimum atomic E-state index is -3.77. The number of aromatic nitrogens is 2. The molecule has 0 saturated heterocycles. The van der Waals surface area contributed by atoms with Gasteiger partial charge in [-0.2, -0.15) is 9.97 Å². The molecule has 2 aromatic rings. The van der Waals surface area contributed by atoms with E-state index in [-0.39, 0.29) is 21.9 Å². The Balaban J connectivity index is 2.37. The number of rotatable bonds is 5. The van der Waals surface area contributed by atoms with Crippen LogP contribution in [0.5, 0.6) is 11.8 Å². The number of sulfonamides is 1. The predicted molar refractivity (Wildman–Crippen MR) is 78.0 cm³/mol. The molecular formula is C10H10BrN3O4S2. The van der Waals surface area contributed by atoms with E-state index in [1.165, 1.54) is 20.3 Å². The predicted octanol–water partition coefficient (Wildman–Crippen LogP) is 2.12. The molecule has 0 aliphatic heterocycles. The highest BCUT2D eigenvalue weighted by atomic mass is 79.9. The third-order valence-electron chi connectivity index (χ3n) is 2.15. The highest BCUT2D eigenvalue weighted by Gasteiger charge is 2.21. The van der Waals surface area contributed by atoms with Crippen molar-refractivity contribution in [2.75, 3.05) is 18.9 Å². The number of ether oxygens (including phenoxy) is 2. The second kappa shape index (κ2) is 5.94. The standard InChI is InChI=1S/C10H10BrN3O4S2/c1-17-7-5-8(18-2)13-10(12-7)14-20(15,16)9-6(11)3-4-19-9/h3-5H,1-2H3,(H,12,13,14). The summed E-state index contributed by atoms with van der Waals surface area (Å²) in [6.07, 6.45) is 0. The maximum atomic E-state index is 12.2. The van der Waals surface area contributed by atoms with Gasteiger partial charge in [-0.1, -0.05) is 0 Å². The van der Waals surface area contributed by atoms with Crippen molar-refractivity contribution in [3.63, 3.8) is 0 Å². The maximum Gasteiger partial charge on any atom is 0.274 e. The van der Waals surface area contributed by atoms with Crippen LogP contribution in [0.1, 0.15) is 0 Å². The quantitative estimate of drug-likeness (QED) is 0.855. The third kappa shape index (κ3) is 3.19. The minimum Gasteiger partial charge on any atom is -0.481 e. The molecule has 20 heavy (non-hydrogen) atoms. The van der Waals surface area contributed by atoms with Crippen molar-refractivity contribution in [1.29, 1.82) is 0 Å². The zero-order valence-electron chi connectivity index (χ0n) is 10.5. The fourth-order valence-electron chi connectivity index (χ4n) is 1.30. The van der Waals surface area contributed by atoms with Crippen molar-refractivity contribution in [2.24, 2.45) is 0 Å². The first-order chi connectivity index (χ1) is 9.46. The number of thiophene rings is 1. The number of halogens is 1. The average molecular weight is 380 g/mol. The highest BCUT2D eigenvalue weighted by Crippen LogP contribution is 2.29. The summed E-state index contributed by atoms with van der Waals surface area (Å²) < 4.78 is 37.2. The Morgan fingerprint density at radius 1 is 1.25 bits per heavy atom. The molecule has 0 radical (unpaired) electrons. The number of nitrogens with zero attached hydrogens (tertiary/aromatic N) is 2. The number of hydrogen-bond donors (Lipinski definition) is 1. The lowest BCUT2D eigenvalue weighted by atomic mass is 10.6. The fourth-order valence-corrected chi connectivity index (χ4v) is 4.58. The molecule has 0 aliphatic carbocycles. The van der Waals surface area contributed by atoms with E-state index in [4.69, 9.17) is 9.47 Å². The van der Waals surface area contributed by atoms with E-state index in [1.807, 2.05) is 0 Å². The van der Waals surface area contributed by atoms with E-state index >= 15 is 0 Å². The van der Waals surface area contributed by atoms with Crippen LogP contribution in [0.2, 0.25) is 0 Å². The molecule has 2 aromatic heterocycles. The Kier molecular flexibility index (Phi) is 4.45. The van der Waals surface area contributed by atoms with Crippen LogP contribution in [-0.2, 0) is 10.0 Å². The molecule has 0 unspecified atom stereocenters. The summed E-state index contributed by atoms with van der Waals surface area (Å²) in [5.74, 6) is 0.265. The van der Waals surface area contributed by atoms with Crippen molar-refractivity contribution in [3.8, 4) is 11.8 Å². The largest absolute Gasteiger partial charge is 0.481 e. The van der Waals surface area contributed by atoms with E-state index in [0.29, 0.717) is 4.47 Å². The van der Waals surface area contributed by atoms with Gasteiger partial charge in [-0.3, -0.25) is 0 Å². The monoisotopic (exact) mass is 379 g/mol. The maximum absolute atomic E-state index is 12.2. The third-order valence-corrected chi connectivity index (χ3v) is 6.15. The first-order valence-electron chi connectivity index (χ1n) is 5.19. The van der Waals surface area contributed by atoms with Gasteiger partial charge in [-0.05, 0) is 27.4 Å². The Morgan fingerprint density at radius 3 is 2.30 bits per heavy atom. The molecule has 0 aromatic carbocycles. The van der Waals surface area contributed by atoms with Crippen LogP contribution in [0.15, 0.2) is 26.2 Å². The summed E-state index contributed by atoms with van der Waals surface area (Å²) in [6, 6.07) is 3.09. The van der Waals surface area contributed by atoms with Gasteiger partial charge in [0.15, 0.2) is 4.21 Å². The number of hydrogen-bond acceptors (Lipinski definition) is 7. The normalized spacial score (nSPS) is 11.2. The van der Waals surface area contributed by atoms with Gasteiger partial charge >= 0.3 is 0 Å². The molecule has 0 bridgehead atoms. The molecule has 0 spiro atoms. The first-order valence-corrected chi connectivity index (χ1v) is 8.34. The second-order valence-electron chi connectivity index (χ2n) is 3.44. The Bertz CT molecular complexity index is 695. The summed E-state index contributed by atoms with van der Waals surface area (Å²) in [4.78, 5) is 7.82. The van der Waals surface area contributed by atoms with Crippen LogP contribution in [-0.4, -0.2) is 32.6 Å². The molecule has 1 N–H and O–H groups in total. The van der Waals surface area contributed by atoms with Gasteiger partial charge in [-0.25, -0.2) is 13.1 Å². The van der Waals surface area contributed by atoms with E-state index in [0.717, 1.165) is 11.3 Å². The molecule has 0 fully saturated rings. The van der Waals surface area contributed by atoms with Crippen molar-refractivity contribution in [2.45, 2.75) is 4.21 Å². The molecule has 2 rings (SSSR count). The van der Waals surface area contributed by atoms with Crippen LogP contribution < -0.4 is 14.2 Å². The van der Waals surface area contributed by atoms with Gasteiger partial charge in [0.2, 0.25) is 17.7 Å². The highest BCUT2D eigenvalue weighted by molar-refractivity contribution is 9.10. The lowest BCUT2D eigenvalue weighted by Gasteiger charge is -2.08. The number of anilines is 1. The number of methoxy groups -OCH3 is 2. The van der Waals surface area contributed by atoms with Crippen molar-refractivity contribution < 1.29 is 17.9 Å². The Hall–Kier alpha value is -1.39. The topological polar surface area (TPSA) is 90.4 Å². The van der Waals surface area contributed by atoms with E-state index in [1.54, 1.807) is 11.4 Å². The fraction of sp³-hybridized carbons (Fsp3) is 0.200. The van der Waals surface area contributed by atoms with Gasteiger partial charge in [0, 0.05) is 4.47 Å². The summed E-state index contributed by atoms with van der Waals surface area (Å²) in [7, 11) is -0.940. The van der Waals surface area contributed by atoms with Crippen LogP contribution in [0, 0.1) is 0 Å². The summed E-state index contributed by atoms with van der Waals surface area (Å²) in [5, 5.41) is 1.66. The van der Waals surface area contributed by atoms with Gasteiger partial charge in [0.05, 0.1) is 20.3 Å². The van der Waals surface area contributed by atoms with Crippen molar-refractivity contribution in [1.82, 2.24) is 9.97 Å². The summed E-state index contributed by atoms with van der Waals surface area (Å²) in [5.41, 5.74) is 0. The van der Waals surface area contributed by atoms with Crippen LogP contribution in [0.4, 0.5) is 5.95 Å². The average Bonchev–Trinajstić information content (AvgIpc) is 2.84. The molecule has 0 saturated carbocycles. The Morgan fingerprint density at radius 2 is 1.85 bits per heavy atom. The second-order valence-corrected chi connectivity index (χ2v) is 7.09. The van der Waals surface area contributed by atoms with Gasteiger partial charge in [-0.15, -0.1) is 11.3 Å². The van der Waals surface area contributed by atoms with Gasteiger partial charge in [0.1, 0.15) is 0 Å². The zero-order valence-corrected chi connectivity index (χ0v) is 13.7. The van der Waals surface area contributed by atoms with Gasteiger partial charge < -0.3 is 9.47 Å². The van der Waals surface area contributed by atoms with Crippen molar-refractivity contribution >= 4 is 43.2 Å². The van der Waals surface area contributed by atoms with Gasteiger partial charge in [0.25, 0.3) is 10.0 Å². The lowest BCUT2D eigenvalue weighted by molar-refractivity contribution is 0.373. The molecule has 0 amide bonds. The smallest absolute Gasteiger partial charge is 0.274 e. The van der Waals surface area contributed by atoms with Crippen molar-refractivity contribution in [3.05, 3.63) is 22.0 Å². The molecule has 2 heterocycles. The van der Waals surface area contributed by atoms with Crippen LogP contribution >= 0.6 is 27.3 Å². The van der Waals surface area contributed by atoms with E-state index in [9.17, 15) is 8.42 Å². The lowest BCUT2D eigenvalue weighted by Crippen LogP contribution is -2.14. The Labute approximate surface area is 128 Å². The summed E-state index contributed by atoms with van der Waals surface area (Å²) >= 11 is 4.25. The molecule has 0 aliphatic rings. The van der Waals surface area contributed by atoms with Crippen LogP contribution in [0.3, 0.4) is 0 Å². The first kappa shape index (κ1) is 15.0. The molecule has 10 heteroatoms. The molecule has 108 valence electrons. The number of nitrogens with one attached hydrogen (secondary N) is 1. The van der Waals surface area contributed by atoms with E-state index < -0.39 is 10.0 Å². The molecular weight excluding hydrogens is 370 g/mol. The molecule has 7 nitrogen and oxygen atoms in total. The summed E-state index contributed by atoms with van der Waals surface area (Å²) in [6.45, 7) is 0. The zero-order chi connectivity index (χ0) is 14.8.